The Morgan fingerprint density at radius 1 is 1.48 bits per heavy atom. The first-order chi connectivity index (χ1) is 10.1. The van der Waals surface area contributed by atoms with E-state index in [0.717, 1.165) is 19.3 Å². The Bertz CT molecular complexity index is 522. The zero-order valence-corrected chi connectivity index (χ0v) is 13.0. The van der Waals surface area contributed by atoms with Gasteiger partial charge in [0, 0.05) is 19.4 Å². The number of carbonyl (C=O) groups is 1. The average molecular weight is 287 g/mol. The summed E-state index contributed by atoms with van der Waals surface area (Å²) < 4.78 is 0. The molecular formula is C18H25NO2. The molecule has 1 amide bonds. The van der Waals surface area contributed by atoms with E-state index in [1.807, 2.05) is 0 Å². The van der Waals surface area contributed by atoms with E-state index in [4.69, 9.17) is 0 Å². The highest BCUT2D eigenvalue weighted by Gasteiger charge is 2.28. The molecule has 0 aromatic heterocycles. The Labute approximate surface area is 127 Å². The van der Waals surface area contributed by atoms with E-state index in [9.17, 15) is 9.90 Å². The fraction of sp³-hybridized carbons (Fsp3) is 0.500. The van der Waals surface area contributed by atoms with Crippen LogP contribution >= 0.6 is 0 Å². The molecule has 1 aromatic carbocycles. The third-order valence-electron chi connectivity index (χ3n) is 4.05. The van der Waals surface area contributed by atoms with Crippen molar-refractivity contribution >= 4 is 5.91 Å². The van der Waals surface area contributed by atoms with Crippen LogP contribution in [0.25, 0.3) is 0 Å². The molecule has 3 heteroatoms. The maximum absolute atomic E-state index is 11.6. The lowest BCUT2D eigenvalue weighted by Gasteiger charge is -2.20. The lowest BCUT2D eigenvalue weighted by atomic mass is 10.1. The second-order valence-electron chi connectivity index (χ2n) is 5.93. The van der Waals surface area contributed by atoms with Crippen molar-refractivity contribution in [3.05, 3.63) is 47.0 Å². The summed E-state index contributed by atoms with van der Waals surface area (Å²) in [5.74, 6) is 0.0788. The molecule has 1 aliphatic rings. The van der Waals surface area contributed by atoms with Gasteiger partial charge < -0.3 is 10.0 Å². The molecule has 0 aliphatic carbocycles. The molecule has 114 valence electrons. The number of hydrogen-bond donors (Lipinski definition) is 1. The molecule has 2 rings (SSSR count). The van der Waals surface area contributed by atoms with Crippen LogP contribution in [0, 0.1) is 6.92 Å². The number of aliphatic hydroxyl groups excluding tert-OH is 1. The average Bonchev–Trinajstić information content (AvgIpc) is 2.76. The number of carbonyl (C=O) groups excluding carboxylic acids is 1. The molecule has 0 bridgehead atoms. The summed E-state index contributed by atoms with van der Waals surface area (Å²) in [6.07, 6.45) is 5.64. The molecule has 0 radical (unpaired) electrons. The van der Waals surface area contributed by atoms with E-state index in [1.54, 1.807) is 4.90 Å². The molecule has 1 N–H and O–H groups in total. The number of aryl methyl sites for hydroxylation is 2. The second kappa shape index (κ2) is 7.41. The number of allylic oxidation sites excluding steroid dienone is 1. The smallest absolute Gasteiger partial charge is 0.224 e. The minimum absolute atomic E-state index is 0.0788. The minimum atomic E-state index is -0.572. The van der Waals surface area contributed by atoms with Gasteiger partial charge in [0.15, 0.2) is 0 Å². The molecule has 1 heterocycles. The molecular weight excluding hydrogens is 262 g/mol. The van der Waals surface area contributed by atoms with Gasteiger partial charge in [-0.3, -0.25) is 4.79 Å². The summed E-state index contributed by atoms with van der Waals surface area (Å²) in [4.78, 5) is 13.2. The Balaban J connectivity index is 1.75. The minimum Gasteiger partial charge on any atom is -0.374 e. The van der Waals surface area contributed by atoms with Crippen molar-refractivity contribution in [1.29, 1.82) is 0 Å². The van der Waals surface area contributed by atoms with E-state index in [1.165, 1.54) is 16.7 Å². The zero-order valence-electron chi connectivity index (χ0n) is 13.0. The van der Waals surface area contributed by atoms with Crippen LogP contribution in [-0.2, 0) is 11.2 Å². The first-order valence-corrected chi connectivity index (χ1v) is 7.75. The summed E-state index contributed by atoms with van der Waals surface area (Å²) in [5.41, 5.74) is 3.95. The van der Waals surface area contributed by atoms with Gasteiger partial charge in [0.2, 0.25) is 5.91 Å². The number of likely N-dealkylation sites (tertiary alicyclic amines) is 1. The molecule has 1 atom stereocenters. The van der Waals surface area contributed by atoms with Crippen molar-refractivity contribution in [2.24, 2.45) is 0 Å². The maximum atomic E-state index is 11.6. The Morgan fingerprint density at radius 2 is 2.29 bits per heavy atom. The van der Waals surface area contributed by atoms with Crippen LogP contribution in [0.1, 0.15) is 43.7 Å². The lowest BCUT2D eigenvalue weighted by Crippen LogP contribution is -2.33. The standard InChI is InChI=1S/C18H25NO2/c1-14(11-12-19-17(20)9-10-18(19)21)5-3-7-16-8-4-6-15(2)13-16/h4-6,8,13,17,20H,3,7,9-12H2,1-2H3. The zero-order chi connectivity index (χ0) is 15.2. The van der Waals surface area contributed by atoms with Crippen LogP contribution in [0.3, 0.4) is 0 Å². The van der Waals surface area contributed by atoms with Gasteiger partial charge in [0.25, 0.3) is 0 Å². The van der Waals surface area contributed by atoms with Crippen molar-refractivity contribution in [1.82, 2.24) is 4.90 Å². The van der Waals surface area contributed by atoms with Gasteiger partial charge in [-0.05, 0) is 38.7 Å². The van der Waals surface area contributed by atoms with Crippen molar-refractivity contribution in [3.63, 3.8) is 0 Å². The summed E-state index contributed by atoms with van der Waals surface area (Å²) in [6.45, 7) is 4.85. The number of aliphatic hydroxyl groups is 1. The van der Waals surface area contributed by atoms with Crippen molar-refractivity contribution in [3.8, 4) is 0 Å². The molecule has 1 unspecified atom stereocenters. The highest BCUT2D eigenvalue weighted by Crippen LogP contribution is 2.18. The van der Waals surface area contributed by atoms with E-state index < -0.39 is 6.23 Å². The maximum Gasteiger partial charge on any atom is 0.224 e. The van der Waals surface area contributed by atoms with Crippen molar-refractivity contribution < 1.29 is 9.90 Å². The van der Waals surface area contributed by atoms with Gasteiger partial charge >= 0.3 is 0 Å². The highest BCUT2D eigenvalue weighted by atomic mass is 16.3. The summed E-state index contributed by atoms with van der Waals surface area (Å²) in [7, 11) is 0. The van der Waals surface area contributed by atoms with Gasteiger partial charge in [0.1, 0.15) is 6.23 Å². The van der Waals surface area contributed by atoms with Crippen LogP contribution in [0.4, 0.5) is 0 Å². The third-order valence-corrected chi connectivity index (χ3v) is 4.05. The van der Waals surface area contributed by atoms with Gasteiger partial charge in [-0.1, -0.05) is 41.5 Å². The summed E-state index contributed by atoms with van der Waals surface area (Å²) >= 11 is 0. The van der Waals surface area contributed by atoms with Gasteiger partial charge in [0.05, 0.1) is 0 Å². The molecule has 1 aromatic rings. The monoisotopic (exact) mass is 287 g/mol. The first kappa shape index (κ1) is 15.8. The Morgan fingerprint density at radius 3 is 2.95 bits per heavy atom. The van der Waals surface area contributed by atoms with E-state index in [-0.39, 0.29) is 5.91 Å². The topological polar surface area (TPSA) is 40.5 Å². The predicted octanol–water partition coefficient (Wildman–Crippen LogP) is 3.20. The summed E-state index contributed by atoms with van der Waals surface area (Å²) in [5, 5.41) is 9.71. The third kappa shape index (κ3) is 4.71. The molecule has 1 saturated heterocycles. The summed E-state index contributed by atoms with van der Waals surface area (Å²) in [6, 6.07) is 8.60. The highest BCUT2D eigenvalue weighted by molar-refractivity contribution is 5.78. The second-order valence-corrected chi connectivity index (χ2v) is 5.93. The van der Waals surface area contributed by atoms with E-state index in [0.29, 0.717) is 19.4 Å². The molecule has 1 aliphatic heterocycles. The molecule has 3 nitrogen and oxygen atoms in total. The molecule has 0 saturated carbocycles. The Kier molecular flexibility index (Phi) is 5.57. The van der Waals surface area contributed by atoms with Crippen LogP contribution in [0.15, 0.2) is 35.9 Å². The normalized spacial score (nSPS) is 19.4. The van der Waals surface area contributed by atoms with Crippen LogP contribution in [-0.4, -0.2) is 28.7 Å². The van der Waals surface area contributed by atoms with Crippen LogP contribution in [0.2, 0.25) is 0 Å². The van der Waals surface area contributed by atoms with Gasteiger partial charge in [-0.2, -0.15) is 0 Å². The molecule has 0 spiro atoms. The predicted molar refractivity (Wildman–Crippen MR) is 84.8 cm³/mol. The fourth-order valence-electron chi connectivity index (χ4n) is 2.74. The Hall–Kier alpha value is -1.61. The number of rotatable bonds is 6. The lowest BCUT2D eigenvalue weighted by molar-refractivity contribution is -0.133. The fourth-order valence-corrected chi connectivity index (χ4v) is 2.74. The van der Waals surface area contributed by atoms with Gasteiger partial charge in [-0.15, -0.1) is 0 Å². The SMILES string of the molecule is CC(=CCCc1cccc(C)c1)CCN1C(=O)CCC1O. The van der Waals surface area contributed by atoms with Crippen molar-refractivity contribution in [2.75, 3.05) is 6.54 Å². The number of amides is 1. The largest absolute Gasteiger partial charge is 0.374 e. The molecule has 1 fully saturated rings. The van der Waals surface area contributed by atoms with Crippen LogP contribution in [0.5, 0.6) is 0 Å². The van der Waals surface area contributed by atoms with E-state index in [2.05, 4.69) is 44.2 Å². The number of benzene rings is 1. The molecule has 21 heavy (non-hydrogen) atoms. The van der Waals surface area contributed by atoms with Gasteiger partial charge in [-0.25, -0.2) is 0 Å². The van der Waals surface area contributed by atoms with E-state index >= 15 is 0 Å². The quantitative estimate of drug-likeness (QED) is 0.816. The first-order valence-electron chi connectivity index (χ1n) is 7.75. The van der Waals surface area contributed by atoms with Crippen LogP contribution < -0.4 is 0 Å². The van der Waals surface area contributed by atoms with Crippen molar-refractivity contribution in [2.45, 2.75) is 52.2 Å². The number of nitrogens with zero attached hydrogens (tertiary/aromatic N) is 1. The number of hydrogen-bond acceptors (Lipinski definition) is 2.